The van der Waals surface area contributed by atoms with Crippen molar-refractivity contribution in [3.8, 4) is 11.5 Å². The van der Waals surface area contributed by atoms with Crippen LogP contribution in [0.5, 0.6) is 11.5 Å². The van der Waals surface area contributed by atoms with Crippen molar-refractivity contribution in [2.45, 2.75) is 25.2 Å². The number of aryl methyl sites for hydroxylation is 2. The van der Waals surface area contributed by atoms with Gasteiger partial charge in [-0.15, -0.1) is 0 Å². The Morgan fingerprint density at radius 2 is 1.50 bits per heavy atom. The highest BCUT2D eigenvalue weighted by Gasteiger charge is 2.32. The van der Waals surface area contributed by atoms with Crippen LogP contribution in [0.2, 0.25) is 0 Å². The summed E-state index contributed by atoms with van der Waals surface area (Å²) in [6.45, 7) is 0. The Hall–Kier alpha value is -3.07. The topological polar surface area (TPSA) is 38.3 Å². The molecule has 0 saturated heterocycles. The molecule has 3 aromatic rings. The van der Waals surface area contributed by atoms with Gasteiger partial charge in [-0.1, -0.05) is 42.5 Å². The number of anilines is 1. The zero-order valence-corrected chi connectivity index (χ0v) is 14.4. The van der Waals surface area contributed by atoms with Crippen molar-refractivity contribution in [2.24, 2.45) is 0 Å². The molecule has 3 nitrogen and oxygen atoms in total. The first-order chi connectivity index (χ1) is 12.8. The lowest BCUT2D eigenvalue weighted by atomic mass is 9.87. The van der Waals surface area contributed by atoms with Gasteiger partial charge in [-0.3, -0.25) is 4.79 Å². The maximum atomic E-state index is 13.2. The zero-order chi connectivity index (χ0) is 17.5. The van der Waals surface area contributed by atoms with Crippen LogP contribution in [0.3, 0.4) is 0 Å². The molecule has 128 valence electrons. The zero-order valence-electron chi connectivity index (χ0n) is 14.4. The molecule has 0 atom stereocenters. The number of fused-ring (bicyclic) bond motifs is 3. The van der Waals surface area contributed by atoms with E-state index in [1.807, 2.05) is 54.6 Å². The molecule has 1 amide bonds. The average Bonchev–Trinajstić information content (AvgIpc) is 3.13. The van der Waals surface area contributed by atoms with Gasteiger partial charge >= 0.3 is 0 Å². The normalized spacial score (nSPS) is 14.8. The van der Waals surface area contributed by atoms with E-state index in [1.54, 1.807) is 0 Å². The Bertz CT molecular complexity index is 963. The minimum atomic E-state index is -0.371. The van der Waals surface area contributed by atoms with E-state index >= 15 is 0 Å². The number of para-hydroxylation sites is 2. The van der Waals surface area contributed by atoms with Crippen LogP contribution < -0.4 is 10.1 Å². The fraction of sp³-hybridized carbons (Fsp3) is 0.174. The third-order valence-electron chi connectivity index (χ3n) is 5.31. The van der Waals surface area contributed by atoms with Gasteiger partial charge in [-0.25, -0.2) is 0 Å². The van der Waals surface area contributed by atoms with Crippen molar-refractivity contribution in [1.29, 1.82) is 0 Å². The minimum absolute atomic E-state index is 0.0221. The van der Waals surface area contributed by atoms with Crippen LogP contribution >= 0.6 is 0 Å². The Labute approximate surface area is 152 Å². The molecule has 3 aromatic carbocycles. The second-order valence-electron chi connectivity index (χ2n) is 6.94. The van der Waals surface area contributed by atoms with E-state index in [4.69, 9.17) is 4.74 Å². The van der Waals surface area contributed by atoms with Crippen LogP contribution in [-0.2, 0) is 17.6 Å². The van der Waals surface area contributed by atoms with Gasteiger partial charge in [-0.05, 0) is 54.7 Å². The van der Waals surface area contributed by atoms with Gasteiger partial charge < -0.3 is 10.1 Å². The summed E-state index contributed by atoms with van der Waals surface area (Å²) < 4.78 is 5.99. The Balaban J connectivity index is 1.52. The largest absolute Gasteiger partial charge is 0.457 e. The number of hydrogen-bond donors (Lipinski definition) is 1. The van der Waals surface area contributed by atoms with Gasteiger partial charge in [0.1, 0.15) is 11.5 Å². The lowest BCUT2D eigenvalue weighted by molar-refractivity contribution is -0.116. The summed E-state index contributed by atoms with van der Waals surface area (Å²) >= 11 is 0. The maximum absolute atomic E-state index is 13.2. The Morgan fingerprint density at radius 1 is 0.846 bits per heavy atom. The van der Waals surface area contributed by atoms with Crippen molar-refractivity contribution in [1.82, 2.24) is 0 Å². The van der Waals surface area contributed by atoms with Crippen LogP contribution in [-0.4, -0.2) is 5.91 Å². The molecule has 1 N–H and O–H groups in total. The van der Waals surface area contributed by atoms with Crippen molar-refractivity contribution < 1.29 is 9.53 Å². The third-order valence-corrected chi connectivity index (χ3v) is 5.31. The van der Waals surface area contributed by atoms with Crippen LogP contribution in [0.25, 0.3) is 0 Å². The van der Waals surface area contributed by atoms with Crippen molar-refractivity contribution in [2.75, 3.05) is 5.32 Å². The first kappa shape index (κ1) is 15.2. The SMILES string of the molecule is O=C(Nc1ccc2c(c1)CCC2)C1c2ccccc2Oc2ccccc21. The van der Waals surface area contributed by atoms with E-state index in [-0.39, 0.29) is 11.8 Å². The highest BCUT2D eigenvalue weighted by Crippen LogP contribution is 2.44. The Kier molecular flexibility index (Phi) is 3.52. The fourth-order valence-electron chi connectivity index (χ4n) is 4.06. The first-order valence-corrected chi connectivity index (χ1v) is 9.08. The van der Waals surface area contributed by atoms with E-state index in [2.05, 4.69) is 17.4 Å². The summed E-state index contributed by atoms with van der Waals surface area (Å²) in [7, 11) is 0. The molecular weight excluding hydrogens is 322 g/mol. The van der Waals surface area contributed by atoms with E-state index in [0.29, 0.717) is 0 Å². The lowest BCUT2D eigenvalue weighted by Gasteiger charge is -2.27. The van der Waals surface area contributed by atoms with E-state index in [1.165, 1.54) is 17.5 Å². The van der Waals surface area contributed by atoms with Crippen LogP contribution in [0, 0.1) is 0 Å². The smallest absolute Gasteiger partial charge is 0.236 e. The van der Waals surface area contributed by atoms with Gasteiger partial charge in [-0.2, -0.15) is 0 Å². The highest BCUT2D eigenvalue weighted by atomic mass is 16.5. The van der Waals surface area contributed by atoms with E-state index in [0.717, 1.165) is 41.2 Å². The summed E-state index contributed by atoms with van der Waals surface area (Å²) in [4.78, 5) is 13.2. The van der Waals surface area contributed by atoms with Gasteiger partial charge in [0.15, 0.2) is 0 Å². The van der Waals surface area contributed by atoms with Crippen LogP contribution in [0.1, 0.15) is 34.6 Å². The lowest BCUT2D eigenvalue weighted by Crippen LogP contribution is -2.25. The van der Waals surface area contributed by atoms with Gasteiger partial charge in [0.25, 0.3) is 0 Å². The van der Waals surface area contributed by atoms with Gasteiger partial charge in [0, 0.05) is 16.8 Å². The maximum Gasteiger partial charge on any atom is 0.236 e. The molecule has 2 aliphatic rings. The van der Waals surface area contributed by atoms with E-state index in [9.17, 15) is 4.79 Å². The van der Waals surface area contributed by atoms with E-state index < -0.39 is 0 Å². The summed E-state index contributed by atoms with van der Waals surface area (Å²) in [5.41, 5.74) is 5.45. The number of carbonyl (C=O) groups is 1. The molecule has 0 unspecified atom stereocenters. The highest BCUT2D eigenvalue weighted by molar-refractivity contribution is 5.99. The third kappa shape index (κ3) is 2.48. The standard InChI is InChI=1S/C23H19NO2/c25-23(24-17-13-12-15-6-5-7-16(15)14-17)22-18-8-1-3-10-20(18)26-21-11-4-2-9-19(21)22/h1-4,8-14,22H,5-7H2,(H,24,25). The number of nitrogens with one attached hydrogen (secondary N) is 1. The number of carbonyl (C=O) groups excluding carboxylic acids is 1. The van der Waals surface area contributed by atoms with Gasteiger partial charge in [0.2, 0.25) is 5.91 Å². The second-order valence-corrected chi connectivity index (χ2v) is 6.94. The van der Waals surface area contributed by atoms with Crippen LogP contribution in [0.15, 0.2) is 66.7 Å². The number of amides is 1. The molecule has 0 aromatic heterocycles. The molecule has 1 aliphatic heterocycles. The van der Waals surface area contributed by atoms with Crippen molar-refractivity contribution in [3.05, 3.63) is 89.0 Å². The number of ether oxygens (including phenoxy) is 1. The summed E-state index contributed by atoms with van der Waals surface area (Å²) in [5, 5.41) is 3.13. The first-order valence-electron chi connectivity index (χ1n) is 9.08. The monoisotopic (exact) mass is 341 g/mol. The quantitative estimate of drug-likeness (QED) is 0.708. The minimum Gasteiger partial charge on any atom is -0.457 e. The van der Waals surface area contributed by atoms with Crippen LogP contribution in [0.4, 0.5) is 5.69 Å². The molecule has 5 rings (SSSR count). The molecular formula is C23H19NO2. The fourth-order valence-corrected chi connectivity index (χ4v) is 4.06. The molecule has 26 heavy (non-hydrogen) atoms. The van der Waals surface area contributed by atoms with Crippen molar-refractivity contribution in [3.63, 3.8) is 0 Å². The van der Waals surface area contributed by atoms with Gasteiger partial charge in [0.05, 0.1) is 5.92 Å². The predicted octanol–water partition coefficient (Wildman–Crippen LogP) is 5.05. The van der Waals surface area contributed by atoms with Crippen molar-refractivity contribution >= 4 is 11.6 Å². The Morgan fingerprint density at radius 3 is 2.23 bits per heavy atom. The number of hydrogen-bond acceptors (Lipinski definition) is 2. The molecule has 3 heteroatoms. The molecule has 1 heterocycles. The predicted molar refractivity (Wildman–Crippen MR) is 102 cm³/mol. The molecule has 1 aliphatic carbocycles. The average molecular weight is 341 g/mol. The summed E-state index contributed by atoms with van der Waals surface area (Å²) in [5.74, 6) is 1.11. The molecule has 0 fully saturated rings. The number of benzene rings is 3. The second kappa shape index (κ2) is 6.03. The number of rotatable bonds is 2. The molecule has 0 bridgehead atoms. The summed E-state index contributed by atoms with van der Waals surface area (Å²) in [6, 6.07) is 21.8. The molecule has 0 saturated carbocycles. The molecule has 0 radical (unpaired) electrons. The summed E-state index contributed by atoms with van der Waals surface area (Å²) in [6.07, 6.45) is 3.44. The molecule has 0 spiro atoms.